The molecule has 0 radical (unpaired) electrons. The van der Waals surface area contributed by atoms with Crippen molar-refractivity contribution in [2.24, 2.45) is 5.73 Å². The summed E-state index contributed by atoms with van der Waals surface area (Å²) in [6.45, 7) is 7.17. The van der Waals surface area contributed by atoms with E-state index >= 15 is 0 Å². The van der Waals surface area contributed by atoms with Gasteiger partial charge in [-0.15, -0.1) is 0 Å². The fourth-order valence-electron chi connectivity index (χ4n) is 2.60. The Labute approximate surface area is 132 Å². The van der Waals surface area contributed by atoms with Crippen LogP contribution in [0, 0.1) is 6.92 Å². The standard InChI is InChI=1S/C18H23ClN2/c1-4-21(17-7-5-6-13(2)10-17)18-12-16(19)9-8-15(18)11-14(3)20/h5-10,12,14H,4,11,20H2,1-3H3. The van der Waals surface area contributed by atoms with Crippen molar-refractivity contribution >= 4 is 23.0 Å². The van der Waals surface area contributed by atoms with E-state index in [4.69, 9.17) is 17.3 Å². The van der Waals surface area contributed by atoms with Crippen LogP contribution in [0.4, 0.5) is 11.4 Å². The first kappa shape index (κ1) is 15.9. The van der Waals surface area contributed by atoms with Crippen LogP contribution in [0.1, 0.15) is 25.0 Å². The molecule has 2 nitrogen and oxygen atoms in total. The predicted molar refractivity (Wildman–Crippen MR) is 92.7 cm³/mol. The normalized spacial score (nSPS) is 12.2. The lowest BCUT2D eigenvalue weighted by molar-refractivity contribution is 0.736. The quantitative estimate of drug-likeness (QED) is 0.867. The summed E-state index contributed by atoms with van der Waals surface area (Å²) in [4.78, 5) is 2.29. The highest BCUT2D eigenvalue weighted by molar-refractivity contribution is 6.30. The van der Waals surface area contributed by atoms with Gasteiger partial charge in [0.25, 0.3) is 0 Å². The van der Waals surface area contributed by atoms with E-state index in [-0.39, 0.29) is 6.04 Å². The van der Waals surface area contributed by atoms with Gasteiger partial charge in [-0.25, -0.2) is 0 Å². The van der Waals surface area contributed by atoms with Crippen molar-refractivity contribution in [1.29, 1.82) is 0 Å². The van der Waals surface area contributed by atoms with Crippen LogP contribution >= 0.6 is 11.6 Å². The van der Waals surface area contributed by atoms with Crippen molar-refractivity contribution in [2.75, 3.05) is 11.4 Å². The molecule has 1 atom stereocenters. The highest BCUT2D eigenvalue weighted by Gasteiger charge is 2.13. The monoisotopic (exact) mass is 302 g/mol. The van der Waals surface area contributed by atoms with Crippen molar-refractivity contribution in [2.45, 2.75) is 33.2 Å². The number of halogens is 1. The van der Waals surface area contributed by atoms with Crippen LogP contribution in [0.3, 0.4) is 0 Å². The fraction of sp³-hybridized carbons (Fsp3) is 0.333. The van der Waals surface area contributed by atoms with Crippen LogP contribution in [0.5, 0.6) is 0 Å². The molecule has 0 saturated heterocycles. The lowest BCUT2D eigenvalue weighted by atomic mass is 10.0. The van der Waals surface area contributed by atoms with Gasteiger partial charge in [-0.1, -0.05) is 29.8 Å². The molecule has 21 heavy (non-hydrogen) atoms. The lowest BCUT2D eigenvalue weighted by Crippen LogP contribution is -2.22. The van der Waals surface area contributed by atoms with E-state index in [1.54, 1.807) is 0 Å². The zero-order valence-corrected chi connectivity index (χ0v) is 13.7. The van der Waals surface area contributed by atoms with Crippen LogP contribution in [0.25, 0.3) is 0 Å². The third kappa shape index (κ3) is 3.99. The molecule has 0 aromatic heterocycles. The Morgan fingerprint density at radius 3 is 2.57 bits per heavy atom. The average molecular weight is 303 g/mol. The van der Waals surface area contributed by atoms with E-state index in [2.05, 4.69) is 49.1 Å². The first-order valence-electron chi connectivity index (χ1n) is 7.39. The molecule has 1 unspecified atom stereocenters. The number of aryl methyl sites for hydroxylation is 1. The van der Waals surface area contributed by atoms with Crippen molar-refractivity contribution in [3.05, 3.63) is 58.6 Å². The Hall–Kier alpha value is -1.51. The summed E-state index contributed by atoms with van der Waals surface area (Å²) >= 11 is 6.22. The second-order valence-corrected chi connectivity index (χ2v) is 5.97. The Morgan fingerprint density at radius 2 is 1.95 bits per heavy atom. The molecule has 0 bridgehead atoms. The third-order valence-corrected chi connectivity index (χ3v) is 3.74. The SMILES string of the molecule is CCN(c1cccc(C)c1)c1cc(Cl)ccc1CC(C)N. The topological polar surface area (TPSA) is 29.3 Å². The third-order valence-electron chi connectivity index (χ3n) is 3.51. The molecule has 2 aromatic rings. The number of benzene rings is 2. The predicted octanol–water partition coefficient (Wildman–Crippen LogP) is 4.70. The molecule has 0 amide bonds. The summed E-state index contributed by atoms with van der Waals surface area (Å²) in [5, 5.41) is 0.754. The summed E-state index contributed by atoms with van der Waals surface area (Å²) in [7, 11) is 0. The maximum atomic E-state index is 6.22. The molecule has 0 fully saturated rings. The van der Waals surface area contributed by atoms with Gasteiger partial charge in [0, 0.05) is 29.0 Å². The molecule has 0 aliphatic carbocycles. The Bertz CT molecular complexity index is 608. The minimum absolute atomic E-state index is 0.126. The molecule has 2 N–H and O–H groups in total. The molecule has 2 rings (SSSR count). The summed E-state index contributed by atoms with van der Waals surface area (Å²) in [6.07, 6.45) is 0.842. The van der Waals surface area contributed by atoms with Crippen molar-refractivity contribution < 1.29 is 0 Å². The minimum Gasteiger partial charge on any atom is -0.341 e. The van der Waals surface area contributed by atoms with E-state index in [0.29, 0.717) is 0 Å². The summed E-state index contributed by atoms with van der Waals surface area (Å²) < 4.78 is 0. The number of nitrogens with zero attached hydrogens (tertiary/aromatic N) is 1. The summed E-state index contributed by atoms with van der Waals surface area (Å²) in [5.41, 5.74) is 10.8. The molecule has 2 aromatic carbocycles. The molecule has 0 aliphatic heterocycles. The largest absolute Gasteiger partial charge is 0.341 e. The van der Waals surface area contributed by atoms with Gasteiger partial charge in [0.2, 0.25) is 0 Å². The zero-order chi connectivity index (χ0) is 15.4. The number of nitrogens with two attached hydrogens (primary N) is 1. The second-order valence-electron chi connectivity index (χ2n) is 5.54. The van der Waals surface area contributed by atoms with Gasteiger partial charge in [-0.2, -0.15) is 0 Å². The average Bonchev–Trinajstić information content (AvgIpc) is 2.42. The Morgan fingerprint density at radius 1 is 1.19 bits per heavy atom. The molecular formula is C18H23ClN2. The molecule has 3 heteroatoms. The molecule has 0 aliphatic rings. The maximum absolute atomic E-state index is 6.22. The maximum Gasteiger partial charge on any atom is 0.0458 e. The van der Waals surface area contributed by atoms with Crippen molar-refractivity contribution in [3.63, 3.8) is 0 Å². The first-order chi connectivity index (χ1) is 10.0. The smallest absolute Gasteiger partial charge is 0.0458 e. The molecule has 0 spiro atoms. The highest BCUT2D eigenvalue weighted by atomic mass is 35.5. The lowest BCUT2D eigenvalue weighted by Gasteiger charge is -2.27. The first-order valence-corrected chi connectivity index (χ1v) is 7.77. The van der Waals surface area contributed by atoms with Gasteiger partial charge in [0.05, 0.1) is 0 Å². The molecule has 0 saturated carbocycles. The van der Waals surface area contributed by atoms with Gasteiger partial charge in [0.1, 0.15) is 0 Å². The van der Waals surface area contributed by atoms with Crippen LogP contribution in [-0.2, 0) is 6.42 Å². The van der Waals surface area contributed by atoms with Gasteiger partial charge in [-0.05, 0) is 62.6 Å². The Kier molecular flexibility index (Phi) is 5.27. The zero-order valence-electron chi connectivity index (χ0n) is 12.9. The molecule has 112 valence electrons. The van der Waals surface area contributed by atoms with Gasteiger partial charge < -0.3 is 10.6 Å². The number of hydrogen-bond acceptors (Lipinski definition) is 2. The molecule has 0 heterocycles. The number of rotatable bonds is 5. The van der Waals surface area contributed by atoms with Crippen LogP contribution < -0.4 is 10.6 Å². The second kappa shape index (κ2) is 6.97. The van der Waals surface area contributed by atoms with Crippen LogP contribution in [0.2, 0.25) is 5.02 Å². The number of hydrogen-bond donors (Lipinski definition) is 1. The van der Waals surface area contributed by atoms with E-state index in [0.717, 1.165) is 23.7 Å². The van der Waals surface area contributed by atoms with Crippen LogP contribution in [-0.4, -0.2) is 12.6 Å². The van der Waals surface area contributed by atoms with E-state index < -0.39 is 0 Å². The van der Waals surface area contributed by atoms with Crippen molar-refractivity contribution in [3.8, 4) is 0 Å². The number of anilines is 2. The summed E-state index contributed by atoms with van der Waals surface area (Å²) in [5.74, 6) is 0. The van der Waals surface area contributed by atoms with E-state index in [1.807, 2.05) is 19.1 Å². The van der Waals surface area contributed by atoms with Gasteiger partial charge in [0.15, 0.2) is 0 Å². The van der Waals surface area contributed by atoms with Gasteiger partial charge in [-0.3, -0.25) is 0 Å². The Balaban J connectivity index is 2.48. The van der Waals surface area contributed by atoms with E-state index in [1.165, 1.54) is 16.8 Å². The minimum atomic E-state index is 0.126. The van der Waals surface area contributed by atoms with Crippen molar-refractivity contribution in [1.82, 2.24) is 0 Å². The highest BCUT2D eigenvalue weighted by Crippen LogP contribution is 2.32. The fourth-order valence-corrected chi connectivity index (χ4v) is 2.76. The molecular weight excluding hydrogens is 280 g/mol. The van der Waals surface area contributed by atoms with Crippen LogP contribution in [0.15, 0.2) is 42.5 Å². The van der Waals surface area contributed by atoms with Gasteiger partial charge >= 0.3 is 0 Å². The summed E-state index contributed by atoms with van der Waals surface area (Å²) in [6, 6.07) is 14.7. The van der Waals surface area contributed by atoms with E-state index in [9.17, 15) is 0 Å².